The van der Waals surface area contributed by atoms with Crippen molar-refractivity contribution in [2.24, 2.45) is 5.10 Å². The van der Waals surface area contributed by atoms with E-state index in [0.29, 0.717) is 16.7 Å². The van der Waals surface area contributed by atoms with Crippen LogP contribution in [0.15, 0.2) is 17.4 Å². The van der Waals surface area contributed by atoms with Gasteiger partial charge in [-0.2, -0.15) is 5.10 Å². The molecule has 0 aliphatic carbocycles. The second-order valence-electron chi connectivity index (χ2n) is 5.72. The third kappa shape index (κ3) is 4.12. The zero-order valence-corrected chi connectivity index (χ0v) is 14.8. The summed E-state index contributed by atoms with van der Waals surface area (Å²) in [6.45, 7) is 4.16. The third-order valence-electron chi connectivity index (χ3n) is 4.15. The second-order valence-corrected chi connectivity index (χ2v) is 6.54. The maximum Gasteiger partial charge on any atom is 0.189 e. The number of pyridine rings is 1. The van der Waals surface area contributed by atoms with Gasteiger partial charge in [0, 0.05) is 51.9 Å². The number of aromatic nitrogens is 1. The first-order valence-electron chi connectivity index (χ1n) is 7.97. The minimum atomic E-state index is -0.305. The zero-order valence-electron chi connectivity index (χ0n) is 13.3. The van der Waals surface area contributed by atoms with Crippen molar-refractivity contribution in [3.63, 3.8) is 0 Å². The van der Waals surface area contributed by atoms with E-state index in [4.69, 9.17) is 23.8 Å². The average molecular weight is 371 g/mol. The zero-order chi connectivity index (χ0) is 16.9. The van der Waals surface area contributed by atoms with Gasteiger partial charge in [0.1, 0.15) is 12.4 Å². The normalized spacial score (nSPS) is 19.8. The molecule has 9 heteroatoms. The molecular weight excluding hydrogens is 351 g/mol. The summed E-state index contributed by atoms with van der Waals surface area (Å²) >= 11 is 11.4. The third-order valence-corrected chi connectivity index (χ3v) is 4.71. The molecule has 0 saturated carbocycles. The van der Waals surface area contributed by atoms with Crippen molar-refractivity contribution < 1.29 is 4.39 Å². The van der Waals surface area contributed by atoms with Gasteiger partial charge >= 0.3 is 0 Å². The number of anilines is 1. The summed E-state index contributed by atoms with van der Waals surface area (Å²) in [5.74, 6) is 0. The van der Waals surface area contributed by atoms with Crippen molar-refractivity contribution in [2.45, 2.75) is 6.42 Å². The van der Waals surface area contributed by atoms with Gasteiger partial charge in [-0.1, -0.05) is 11.6 Å². The summed E-state index contributed by atoms with van der Waals surface area (Å²) in [5.41, 5.74) is 5.53. The lowest BCUT2D eigenvalue weighted by Crippen LogP contribution is -2.51. The lowest BCUT2D eigenvalue weighted by molar-refractivity contribution is 0.170. The van der Waals surface area contributed by atoms with Crippen molar-refractivity contribution in [3.05, 3.63) is 23.0 Å². The predicted molar refractivity (Wildman–Crippen MR) is 98.6 cm³/mol. The maximum atomic E-state index is 12.4. The van der Waals surface area contributed by atoms with Crippen LogP contribution in [-0.2, 0) is 0 Å². The molecule has 0 atom stereocenters. The molecule has 1 aromatic rings. The summed E-state index contributed by atoms with van der Waals surface area (Å²) in [7, 11) is 0. The Morgan fingerprint density at radius 2 is 2.21 bits per heavy atom. The van der Waals surface area contributed by atoms with Crippen LogP contribution < -0.4 is 10.7 Å². The highest BCUT2D eigenvalue weighted by molar-refractivity contribution is 7.80. The number of piperazine rings is 1. The first kappa shape index (κ1) is 17.3. The van der Waals surface area contributed by atoms with Crippen molar-refractivity contribution in [1.29, 1.82) is 0 Å². The largest absolute Gasteiger partial charge is 0.383 e. The molecule has 0 spiro atoms. The number of rotatable bonds is 3. The molecule has 1 fully saturated rings. The van der Waals surface area contributed by atoms with Crippen LogP contribution in [0.1, 0.15) is 12.1 Å². The molecular formula is C15H20ClFN6S. The Hall–Kier alpha value is -1.51. The average Bonchev–Trinajstić information content (AvgIpc) is 2.60. The first-order chi connectivity index (χ1) is 11.7. The van der Waals surface area contributed by atoms with Crippen molar-refractivity contribution in [2.75, 3.05) is 51.3 Å². The standard InChI is InChI=1S/C15H20ClFN6S/c16-11-9-13-14(19-10-11)12(1-3-18-13)20-21-15(24)23-7-5-22(4-2-17)6-8-23/h9-10,18H,1-8H2,(H,21,24)/b20-12-. The molecule has 6 nitrogen and oxygen atoms in total. The maximum absolute atomic E-state index is 12.4. The van der Waals surface area contributed by atoms with Crippen molar-refractivity contribution in [3.8, 4) is 0 Å². The quantitative estimate of drug-likeness (QED) is 0.624. The van der Waals surface area contributed by atoms with E-state index < -0.39 is 0 Å². The number of hydrazone groups is 1. The van der Waals surface area contributed by atoms with Crippen LogP contribution in [0.2, 0.25) is 5.02 Å². The highest BCUT2D eigenvalue weighted by atomic mass is 35.5. The van der Waals surface area contributed by atoms with Gasteiger partial charge in [-0.15, -0.1) is 0 Å². The monoisotopic (exact) mass is 370 g/mol. The highest BCUT2D eigenvalue weighted by Crippen LogP contribution is 2.23. The van der Waals surface area contributed by atoms with E-state index in [1.807, 2.05) is 6.07 Å². The fourth-order valence-corrected chi connectivity index (χ4v) is 3.21. The number of hydrogen-bond donors (Lipinski definition) is 2. The lowest BCUT2D eigenvalue weighted by Gasteiger charge is -2.35. The Balaban J connectivity index is 1.60. The van der Waals surface area contributed by atoms with Crippen LogP contribution in [0, 0.1) is 0 Å². The van der Waals surface area contributed by atoms with Crippen molar-refractivity contribution in [1.82, 2.24) is 20.2 Å². The van der Waals surface area contributed by atoms with Crippen LogP contribution in [0.5, 0.6) is 0 Å². The Morgan fingerprint density at radius 3 is 2.96 bits per heavy atom. The number of nitrogens with zero attached hydrogens (tertiary/aromatic N) is 4. The highest BCUT2D eigenvalue weighted by Gasteiger charge is 2.20. The van der Waals surface area contributed by atoms with Gasteiger partial charge < -0.3 is 10.2 Å². The van der Waals surface area contributed by atoms with Gasteiger partial charge in [0.15, 0.2) is 5.11 Å². The van der Waals surface area contributed by atoms with E-state index in [2.05, 4.69) is 30.6 Å². The number of hydrogen-bond acceptors (Lipinski definition) is 5. The first-order valence-corrected chi connectivity index (χ1v) is 8.75. The van der Waals surface area contributed by atoms with Gasteiger partial charge in [-0.3, -0.25) is 15.3 Å². The smallest absolute Gasteiger partial charge is 0.189 e. The fourth-order valence-electron chi connectivity index (χ4n) is 2.83. The molecule has 24 heavy (non-hydrogen) atoms. The van der Waals surface area contributed by atoms with Gasteiger partial charge in [0.25, 0.3) is 0 Å². The molecule has 0 unspecified atom stereocenters. The number of alkyl halides is 1. The van der Waals surface area contributed by atoms with Gasteiger partial charge in [0.2, 0.25) is 0 Å². The van der Waals surface area contributed by atoms with Crippen LogP contribution >= 0.6 is 23.8 Å². The van der Waals surface area contributed by atoms with E-state index in [0.717, 1.165) is 56.2 Å². The predicted octanol–water partition coefficient (Wildman–Crippen LogP) is 1.72. The van der Waals surface area contributed by atoms with E-state index >= 15 is 0 Å². The van der Waals surface area contributed by atoms with Gasteiger partial charge in [-0.05, 0) is 18.3 Å². The molecule has 0 aromatic carbocycles. The number of fused-ring (bicyclic) bond motifs is 1. The van der Waals surface area contributed by atoms with Crippen molar-refractivity contribution >= 4 is 40.3 Å². The Labute approximate surface area is 151 Å². The number of thiocarbonyl (C=S) groups is 1. The summed E-state index contributed by atoms with van der Waals surface area (Å²) in [6, 6.07) is 1.85. The molecule has 0 amide bonds. The molecule has 1 aromatic heterocycles. The number of nitrogens with one attached hydrogen (secondary N) is 2. The molecule has 0 bridgehead atoms. The van der Waals surface area contributed by atoms with E-state index in [1.54, 1.807) is 6.20 Å². The summed E-state index contributed by atoms with van der Waals surface area (Å²) in [6.07, 6.45) is 2.38. The Bertz CT molecular complexity index is 632. The number of halogens is 2. The Morgan fingerprint density at radius 1 is 1.42 bits per heavy atom. The summed E-state index contributed by atoms with van der Waals surface area (Å²) < 4.78 is 12.4. The molecule has 130 valence electrons. The Kier molecular flexibility index (Phi) is 5.80. The van der Waals surface area contributed by atoms with E-state index in [1.165, 1.54) is 0 Å². The van der Waals surface area contributed by atoms with E-state index in [-0.39, 0.29) is 6.67 Å². The van der Waals surface area contributed by atoms with Crippen LogP contribution in [0.3, 0.4) is 0 Å². The molecule has 0 radical (unpaired) electrons. The minimum absolute atomic E-state index is 0.305. The van der Waals surface area contributed by atoms with Crippen LogP contribution in [0.25, 0.3) is 0 Å². The SMILES string of the molecule is FCCN1CCN(C(=S)N/N=C2/CCNc3cc(Cl)cnc32)CC1. The lowest BCUT2D eigenvalue weighted by atomic mass is 10.1. The molecule has 1 saturated heterocycles. The molecule has 3 heterocycles. The fraction of sp³-hybridized carbons (Fsp3) is 0.533. The van der Waals surface area contributed by atoms with Crippen LogP contribution in [-0.4, -0.2) is 71.6 Å². The van der Waals surface area contributed by atoms with E-state index in [9.17, 15) is 4.39 Å². The minimum Gasteiger partial charge on any atom is -0.383 e. The van der Waals surface area contributed by atoms with Gasteiger partial charge in [-0.25, -0.2) is 4.39 Å². The molecule has 2 aliphatic heterocycles. The van der Waals surface area contributed by atoms with Gasteiger partial charge in [0.05, 0.1) is 16.4 Å². The second kappa shape index (κ2) is 8.04. The molecule has 3 rings (SSSR count). The molecule has 2 N–H and O–H groups in total. The topological polar surface area (TPSA) is 55.8 Å². The molecule has 2 aliphatic rings. The van der Waals surface area contributed by atoms with Crippen LogP contribution in [0.4, 0.5) is 10.1 Å². The summed E-state index contributed by atoms with van der Waals surface area (Å²) in [5, 5.41) is 8.90. The summed E-state index contributed by atoms with van der Waals surface area (Å²) in [4.78, 5) is 8.52.